The highest BCUT2D eigenvalue weighted by Gasteiger charge is 2.21. The first kappa shape index (κ1) is 9.25. The summed E-state index contributed by atoms with van der Waals surface area (Å²) in [5.74, 6) is 2.57. The van der Waals surface area contributed by atoms with Gasteiger partial charge in [-0.3, -0.25) is 0 Å². The van der Waals surface area contributed by atoms with Crippen LogP contribution in [0.4, 0.5) is 0 Å². The minimum atomic E-state index is 0.676. The first-order chi connectivity index (χ1) is 6.93. The Morgan fingerprint density at radius 2 is 2.43 bits per heavy atom. The largest absolute Gasteiger partial charge is 0.309 e. The van der Waals surface area contributed by atoms with Gasteiger partial charge in [0, 0.05) is 21.5 Å². The van der Waals surface area contributed by atoms with E-state index in [0.29, 0.717) is 6.04 Å². The highest BCUT2D eigenvalue weighted by molar-refractivity contribution is 7.98. The number of aryl methyl sites for hydroxylation is 1. The van der Waals surface area contributed by atoms with Crippen molar-refractivity contribution >= 4 is 23.1 Å². The zero-order chi connectivity index (χ0) is 9.38. The Balaban J connectivity index is 1.87. The third kappa shape index (κ3) is 1.62. The van der Waals surface area contributed by atoms with Crippen LogP contribution in [0, 0.1) is 0 Å². The van der Waals surface area contributed by atoms with Gasteiger partial charge < -0.3 is 5.32 Å². The smallest absolute Gasteiger partial charge is 0.0415 e. The Labute approximate surface area is 93.3 Å². The molecule has 0 radical (unpaired) electrons. The van der Waals surface area contributed by atoms with Gasteiger partial charge in [0.2, 0.25) is 0 Å². The van der Waals surface area contributed by atoms with Gasteiger partial charge in [-0.1, -0.05) is 0 Å². The molecule has 1 saturated heterocycles. The highest BCUT2D eigenvalue weighted by atomic mass is 32.2. The van der Waals surface area contributed by atoms with Gasteiger partial charge in [-0.2, -0.15) is 11.8 Å². The first-order valence-corrected chi connectivity index (χ1v) is 7.33. The molecule has 2 aliphatic rings. The number of nitrogens with one attached hydrogen (secondary N) is 1. The normalized spacial score (nSPS) is 26.4. The van der Waals surface area contributed by atoms with Crippen LogP contribution in [0.15, 0.2) is 6.07 Å². The maximum absolute atomic E-state index is 3.59. The minimum Gasteiger partial charge on any atom is -0.309 e. The van der Waals surface area contributed by atoms with E-state index in [4.69, 9.17) is 0 Å². The number of hydrogen-bond acceptors (Lipinski definition) is 3. The van der Waals surface area contributed by atoms with E-state index in [1.165, 1.54) is 37.3 Å². The Morgan fingerprint density at radius 3 is 3.21 bits per heavy atom. The van der Waals surface area contributed by atoms with Gasteiger partial charge >= 0.3 is 0 Å². The van der Waals surface area contributed by atoms with Crippen LogP contribution in [0.5, 0.6) is 0 Å². The van der Waals surface area contributed by atoms with Crippen molar-refractivity contribution in [3.8, 4) is 0 Å². The summed E-state index contributed by atoms with van der Waals surface area (Å²) in [6, 6.07) is 3.13. The van der Waals surface area contributed by atoms with Crippen LogP contribution in [0.3, 0.4) is 0 Å². The highest BCUT2D eigenvalue weighted by Crippen LogP contribution is 2.36. The van der Waals surface area contributed by atoms with E-state index < -0.39 is 0 Å². The summed E-state index contributed by atoms with van der Waals surface area (Å²) in [5, 5.41) is 3.59. The van der Waals surface area contributed by atoms with Crippen molar-refractivity contribution in [2.24, 2.45) is 0 Å². The molecule has 3 heteroatoms. The zero-order valence-electron chi connectivity index (χ0n) is 8.21. The van der Waals surface area contributed by atoms with E-state index in [-0.39, 0.29) is 0 Å². The number of rotatable bonds is 1. The molecule has 0 bridgehead atoms. The van der Waals surface area contributed by atoms with Crippen LogP contribution >= 0.6 is 23.1 Å². The van der Waals surface area contributed by atoms with Gasteiger partial charge in [0.25, 0.3) is 0 Å². The minimum absolute atomic E-state index is 0.676. The quantitative estimate of drug-likeness (QED) is 0.788. The van der Waals surface area contributed by atoms with Gasteiger partial charge in [-0.25, -0.2) is 0 Å². The van der Waals surface area contributed by atoms with Crippen molar-refractivity contribution in [2.45, 2.75) is 31.1 Å². The molecule has 0 amide bonds. The van der Waals surface area contributed by atoms with Gasteiger partial charge in [-0.05, 0) is 43.2 Å². The van der Waals surface area contributed by atoms with E-state index in [1.807, 2.05) is 0 Å². The van der Waals surface area contributed by atoms with Gasteiger partial charge in [-0.15, -0.1) is 11.3 Å². The molecule has 1 aromatic heterocycles. The van der Waals surface area contributed by atoms with Crippen LogP contribution < -0.4 is 5.32 Å². The molecule has 1 unspecified atom stereocenters. The zero-order valence-corrected chi connectivity index (χ0v) is 9.85. The molecule has 1 aromatic rings. The monoisotopic (exact) mass is 225 g/mol. The molecule has 3 heterocycles. The van der Waals surface area contributed by atoms with Crippen LogP contribution in [0.2, 0.25) is 0 Å². The predicted octanol–water partition coefficient (Wildman–Crippen LogP) is 2.96. The Morgan fingerprint density at radius 1 is 1.43 bits per heavy atom. The summed E-state index contributed by atoms with van der Waals surface area (Å²) in [6.07, 6.45) is 3.99. The predicted molar refractivity (Wildman–Crippen MR) is 64.2 cm³/mol. The second kappa shape index (κ2) is 3.87. The van der Waals surface area contributed by atoms with E-state index in [9.17, 15) is 0 Å². The van der Waals surface area contributed by atoms with Crippen LogP contribution in [0.1, 0.15) is 34.2 Å². The molecule has 0 saturated carbocycles. The van der Waals surface area contributed by atoms with Gasteiger partial charge in [0.15, 0.2) is 0 Å². The summed E-state index contributed by atoms with van der Waals surface area (Å²) in [7, 11) is 0. The fraction of sp³-hybridized carbons (Fsp3) is 0.636. The topological polar surface area (TPSA) is 12.0 Å². The molecule has 76 valence electrons. The summed E-state index contributed by atoms with van der Waals surface area (Å²) >= 11 is 4.14. The second-order valence-corrected chi connectivity index (χ2v) is 6.32. The molecule has 2 aliphatic heterocycles. The SMILES string of the molecule is c1c(C2CCCN2)sc2c1CSCC2. The van der Waals surface area contributed by atoms with Crippen molar-refractivity contribution in [1.29, 1.82) is 0 Å². The molecule has 0 spiro atoms. The van der Waals surface area contributed by atoms with Crippen LogP contribution in [-0.4, -0.2) is 12.3 Å². The van der Waals surface area contributed by atoms with E-state index in [2.05, 4.69) is 34.5 Å². The number of thioether (sulfide) groups is 1. The molecule has 3 rings (SSSR count). The number of fused-ring (bicyclic) bond motifs is 1. The van der Waals surface area contributed by atoms with Crippen molar-refractivity contribution in [2.75, 3.05) is 12.3 Å². The van der Waals surface area contributed by atoms with Crippen molar-refractivity contribution in [3.63, 3.8) is 0 Å². The maximum atomic E-state index is 3.59. The first-order valence-electron chi connectivity index (χ1n) is 5.36. The molecular formula is C11H15NS2. The van der Waals surface area contributed by atoms with E-state index in [1.54, 1.807) is 15.3 Å². The number of thiophene rings is 1. The lowest BCUT2D eigenvalue weighted by Gasteiger charge is -2.08. The molecule has 1 N–H and O–H groups in total. The second-order valence-electron chi connectivity index (χ2n) is 4.05. The summed E-state index contributed by atoms with van der Waals surface area (Å²) in [5.41, 5.74) is 1.62. The molecule has 0 aliphatic carbocycles. The third-order valence-corrected chi connectivity index (χ3v) is 5.41. The average molecular weight is 225 g/mol. The van der Waals surface area contributed by atoms with Gasteiger partial charge in [0.1, 0.15) is 0 Å². The Hall–Kier alpha value is 0.0100. The molecule has 1 fully saturated rings. The number of hydrogen-bond donors (Lipinski definition) is 1. The van der Waals surface area contributed by atoms with Crippen molar-refractivity contribution in [3.05, 3.63) is 21.4 Å². The van der Waals surface area contributed by atoms with Crippen LogP contribution in [0.25, 0.3) is 0 Å². The summed E-state index contributed by atoms with van der Waals surface area (Å²) in [6.45, 7) is 1.21. The molecule has 1 nitrogen and oxygen atoms in total. The fourth-order valence-corrected chi connectivity index (χ4v) is 4.76. The summed E-state index contributed by atoms with van der Waals surface area (Å²) < 4.78 is 0. The fourth-order valence-electron chi connectivity index (χ4n) is 2.27. The average Bonchev–Trinajstić information content (AvgIpc) is 2.86. The maximum Gasteiger partial charge on any atom is 0.0415 e. The van der Waals surface area contributed by atoms with E-state index >= 15 is 0 Å². The third-order valence-electron chi connectivity index (χ3n) is 3.05. The standard InChI is InChI=1S/C11H15NS2/c1-2-9(12-4-1)11-6-8-7-13-5-3-10(8)14-11/h6,9,12H,1-5,7H2. The lowest BCUT2D eigenvalue weighted by molar-refractivity contribution is 0.659. The summed E-state index contributed by atoms with van der Waals surface area (Å²) in [4.78, 5) is 3.25. The van der Waals surface area contributed by atoms with E-state index in [0.717, 1.165) is 0 Å². The van der Waals surface area contributed by atoms with Crippen molar-refractivity contribution < 1.29 is 0 Å². The molecular weight excluding hydrogens is 210 g/mol. The Bertz CT molecular complexity index is 303. The molecule has 1 atom stereocenters. The lowest BCUT2D eigenvalue weighted by atomic mass is 10.1. The molecule has 14 heavy (non-hydrogen) atoms. The lowest BCUT2D eigenvalue weighted by Crippen LogP contribution is -2.11. The Kier molecular flexibility index (Phi) is 2.56. The van der Waals surface area contributed by atoms with Gasteiger partial charge in [0.05, 0.1) is 0 Å². The van der Waals surface area contributed by atoms with Crippen LogP contribution in [-0.2, 0) is 12.2 Å². The van der Waals surface area contributed by atoms with Crippen molar-refractivity contribution in [1.82, 2.24) is 5.32 Å². The molecule has 0 aromatic carbocycles.